The molecule has 1 aromatic heterocycles. The number of anilines is 1. The molecule has 0 bridgehead atoms. The number of aryl methyl sites for hydroxylation is 1. The maximum atomic E-state index is 11.8. The van der Waals surface area contributed by atoms with Crippen LogP contribution in [0.5, 0.6) is 0 Å². The zero-order valence-electron chi connectivity index (χ0n) is 11.0. The van der Waals surface area contributed by atoms with E-state index in [1.54, 1.807) is 6.92 Å². The highest BCUT2D eigenvalue weighted by molar-refractivity contribution is 7.99. The molecule has 0 spiro atoms. The van der Waals surface area contributed by atoms with E-state index in [0.29, 0.717) is 16.7 Å². The summed E-state index contributed by atoms with van der Waals surface area (Å²) >= 11 is 1.15. The van der Waals surface area contributed by atoms with Gasteiger partial charge in [-0.05, 0) is 19.1 Å². The first kappa shape index (κ1) is 14.8. The summed E-state index contributed by atoms with van der Waals surface area (Å²) in [4.78, 5) is 21.8. The van der Waals surface area contributed by atoms with E-state index in [9.17, 15) is 14.9 Å². The third-order valence-corrected chi connectivity index (χ3v) is 3.47. The average Bonchev–Trinajstić information content (AvgIpc) is 2.77. The summed E-state index contributed by atoms with van der Waals surface area (Å²) in [5.74, 6) is 6.05. The van der Waals surface area contributed by atoms with Crippen molar-refractivity contribution in [3.63, 3.8) is 0 Å². The van der Waals surface area contributed by atoms with Crippen LogP contribution >= 0.6 is 11.8 Å². The van der Waals surface area contributed by atoms with Crippen molar-refractivity contribution < 1.29 is 9.72 Å². The van der Waals surface area contributed by atoms with Gasteiger partial charge in [0.2, 0.25) is 11.1 Å². The maximum absolute atomic E-state index is 11.8. The second-order valence-electron chi connectivity index (χ2n) is 4.04. The Kier molecular flexibility index (Phi) is 4.38. The third kappa shape index (κ3) is 3.69. The van der Waals surface area contributed by atoms with Crippen LogP contribution in [0.25, 0.3) is 0 Å². The van der Waals surface area contributed by atoms with Crippen LogP contribution in [-0.2, 0) is 4.79 Å². The largest absolute Gasteiger partial charge is 0.336 e. The van der Waals surface area contributed by atoms with Crippen LogP contribution in [0.3, 0.4) is 0 Å². The number of nitro benzene ring substituents is 1. The van der Waals surface area contributed by atoms with E-state index in [4.69, 9.17) is 5.84 Å². The van der Waals surface area contributed by atoms with E-state index in [1.165, 1.54) is 28.9 Å². The standard InChI is InChI=1S/C11H12N6O3S/c1-7-14-15-11(16(7)12)21-6-10(18)13-8-2-4-9(5-3-8)17(19)20/h2-5H,6,12H2,1H3,(H,13,18). The molecule has 1 amide bonds. The van der Waals surface area contributed by atoms with E-state index in [0.717, 1.165) is 11.8 Å². The minimum Gasteiger partial charge on any atom is -0.336 e. The SMILES string of the molecule is Cc1nnc(SCC(=O)Nc2ccc([N+](=O)[O-])cc2)n1N. The van der Waals surface area contributed by atoms with Gasteiger partial charge in [0.15, 0.2) is 0 Å². The fraction of sp³-hybridized carbons (Fsp3) is 0.182. The number of aromatic nitrogens is 3. The Morgan fingerprint density at radius 2 is 2.10 bits per heavy atom. The molecule has 0 aliphatic rings. The van der Waals surface area contributed by atoms with E-state index in [1.807, 2.05) is 0 Å². The lowest BCUT2D eigenvalue weighted by Crippen LogP contribution is -2.16. The summed E-state index contributed by atoms with van der Waals surface area (Å²) in [5.41, 5.74) is 0.450. The molecule has 110 valence electrons. The molecule has 0 radical (unpaired) electrons. The fourth-order valence-corrected chi connectivity index (χ4v) is 2.14. The van der Waals surface area contributed by atoms with Gasteiger partial charge in [0, 0.05) is 17.8 Å². The molecular formula is C11H12N6O3S. The summed E-state index contributed by atoms with van der Waals surface area (Å²) in [6.07, 6.45) is 0. The lowest BCUT2D eigenvalue weighted by atomic mass is 10.3. The molecule has 1 aromatic carbocycles. The number of hydrogen-bond acceptors (Lipinski definition) is 7. The summed E-state index contributed by atoms with van der Waals surface area (Å²) in [5, 5.41) is 21.2. The van der Waals surface area contributed by atoms with Crippen molar-refractivity contribution in [3.05, 3.63) is 40.2 Å². The number of nitrogens with two attached hydrogens (primary N) is 1. The van der Waals surface area contributed by atoms with Crippen LogP contribution < -0.4 is 11.2 Å². The molecule has 0 saturated carbocycles. The lowest BCUT2D eigenvalue weighted by Gasteiger charge is -2.04. The topological polar surface area (TPSA) is 129 Å². The number of nitrogen functional groups attached to an aromatic ring is 1. The molecular weight excluding hydrogens is 296 g/mol. The Bertz CT molecular complexity index is 669. The van der Waals surface area contributed by atoms with Gasteiger partial charge in [-0.15, -0.1) is 10.2 Å². The number of nitro groups is 1. The van der Waals surface area contributed by atoms with Crippen molar-refractivity contribution in [2.24, 2.45) is 0 Å². The van der Waals surface area contributed by atoms with Crippen molar-refractivity contribution in [3.8, 4) is 0 Å². The quantitative estimate of drug-likeness (QED) is 0.364. The first-order valence-corrected chi connectivity index (χ1v) is 6.80. The average molecular weight is 308 g/mol. The van der Waals surface area contributed by atoms with Crippen LogP contribution in [0.1, 0.15) is 5.82 Å². The molecule has 2 rings (SSSR count). The number of nitrogens with zero attached hydrogens (tertiary/aromatic N) is 4. The van der Waals surface area contributed by atoms with Gasteiger partial charge in [-0.3, -0.25) is 14.9 Å². The normalized spacial score (nSPS) is 10.3. The van der Waals surface area contributed by atoms with Crippen molar-refractivity contribution in [2.75, 3.05) is 16.9 Å². The Labute approximate surface area is 123 Å². The van der Waals surface area contributed by atoms with Gasteiger partial charge in [-0.25, -0.2) is 4.68 Å². The predicted molar refractivity (Wildman–Crippen MR) is 77.4 cm³/mol. The molecule has 0 aliphatic heterocycles. The molecule has 10 heteroatoms. The summed E-state index contributed by atoms with van der Waals surface area (Å²) in [6, 6.07) is 5.58. The summed E-state index contributed by atoms with van der Waals surface area (Å²) in [6.45, 7) is 1.70. The Balaban J connectivity index is 1.89. The number of carbonyl (C=O) groups excluding carboxylic acids is 1. The molecule has 0 unspecified atom stereocenters. The van der Waals surface area contributed by atoms with E-state index in [2.05, 4.69) is 15.5 Å². The number of rotatable bonds is 5. The van der Waals surface area contributed by atoms with Crippen molar-refractivity contribution >= 4 is 29.0 Å². The van der Waals surface area contributed by atoms with Crippen LogP contribution in [0, 0.1) is 17.0 Å². The number of nitrogens with one attached hydrogen (secondary N) is 1. The second kappa shape index (κ2) is 6.22. The Hall–Kier alpha value is -2.62. The van der Waals surface area contributed by atoms with Gasteiger partial charge in [0.25, 0.3) is 5.69 Å². The number of amides is 1. The predicted octanol–water partition coefficient (Wildman–Crippen LogP) is 0.939. The molecule has 0 aliphatic carbocycles. The van der Waals surface area contributed by atoms with Crippen LogP contribution in [0.15, 0.2) is 29.4 Å². The Morgan fingerprint density at radius 1 is 1.43 bits per heavy atom. The molecule has 9 nitrogen and oxygen atoms in total. The highest BCUT2D eigenvalue weighted by atomic mass is 32.2. The van der Waals surface area contributed by atoms with E-state index < -0.39 is 4.92 Å². The number of benzene rings is 1. The number of thioether (sulfide) groups is 1. The minimum absolute atomic E-state index is 0.0333. The molecule has 3 N–H and O–H groups in total. The molecule has 2 aromatic rings. The van der Waals surface area contributed by atoms with Crippen molar-refractivity contribution in [1.29, 1.82) is 0 Å². The highest BCUT2D eigenvalue weighted by Crippen LogP contribution is 2.17. The van der Waals surface area contributed by atoms with Gasteiger partial charge in [-0.1, -0.05) is 11.8 Å². The lowest BCUT2D eigenvalue weighted by molar-refractivity contribution is -0.384. The van der Waals surface area contributed by atoms with Gasteiger partial charge in [-0.2, -0.15) is 0 Å². The summed E-state index contributed by atoms with van der Waals surface area (Å²) < 4.78 is 1.30. The van der Waals surface area contributed by atoms with Gasteiger partial charge in [0.05, 0.1) is 10.7 Å². The third-order valence-electron chi connectivity index (χ3n) is 2.53. The van der Waals surface area contributed by atoms with Gasteiger partial charge in [0.1, 0.15) is 5.82 Å². The fourth-order valence-electron chi connectivity index (χ4n) is 1.44. The van der Waals surface area contributed by atoms with Crippen LogP contribution in [0.4, 0.5) is 11.4 Å². The van der Waals surface area contributed by atoms with E-state index >= 15 is 0 Å². The number of carbonyl (C=O) groups is 1. The monoisotopic (exact) mass is 308 g/mol. The first-order valence-electron chi connectivity index (χ1n) is 5.81. The van der Waals surface area contributed by atoms with Crippen LogP contribution in [0.2, 0.25) is 0 Å². The Morgan fingerprint density at radius 3 is 2.62 bits per heavy atom. The number of non-ortho nitro benzene ring substituents is 1. The summed E-state index contributed by atoms with van der Waals surface area (Å²) in [7, 11) is 0. The smallest absolute Gasteiger partial charge is 0.269 e. The first-order chi connectivity index (χ1) is 9.97. The second-order valence-corrected chi connectivity index (χ2v) is 4.98. The molecule has 1 heterocycles. The zero-order chi connectivity index (χ0) is 15.4. The zero-order valence-corrected chi connectivity index (χ0v) is 11.8. The molecule has 0 atom stereocenters. The molecule has 0 fully saturated rings. The molecule has 21 heavy (non-hydrogen) atoms. The van der Waals surface area contributed by atoms with Crippen molar-refractivity contribution in [2.45, 2.75) is 12.1 Å². The van der Waals surface area contributed by atoms with Crippen molar-refractivity contribution in [1.82, 2.24) is 14.9 Å². The van der Waals surface area contributed by atoms with E-state index in [-0.39, 0.29) is 17.3 Å². The minimum atomic E-state index is -0.502. The van der Waals surface area contributed by atoms with Gasteiger partial charge >= 0.3 is 0 Å². The van der Waals surface area contributed by atoms with Gasteiger partial charge < -0.3 is 11.2 Å². The molecule has 0 saturated heterocycles. The van der Waals surface area contributed by atoms with Crippen LogP contribution in [-0.4, -0.2) is 31.5 Å². The maximum Gasteiger partial charge on any atom is 0.269 e. The highest BCUT2D eigenvalue weighted by Gasteiger charge is 2.10. The number of hydrogen-bond donors (Lipinski definition) is 2.